The second-order valence-electron chi connectivity index (χ2n) is 8.68. The van der Waals surface area contributed by atoms with Crippen LogP contribution in [0.1, 0.15) is 42.4 Å². The Morgan fingerprint density at radius 3 is 2.94 bits per heavy atom. The molecular formula is C22H24F3N7O2. The Morgan fingerprint density at radius 2 is 2.21 bits per heavy atom. The van der Waals surface area contributed by atoms with Crippen LogP contribution in [0.15, 0.2) is 30.7 Å². The number of anilines is 1. The van der Waals surface area contributed by atoms with Crippen molar-refractivity contribution in [2.24, 2.45) is 5.73 Å². The van der Waals surface area contributed by atoms with E-state index >= 15 is 4.39 Å². The number of carbonyl (C=O) groups excluding carboxylic acids is 1. The number of aromatic nitrogens is 3. The number of amides is 1. The van der Waals surface area contributed by atoms with Gasteiger partial charge in [0.1, 0.15) is 17.8 Å². The zero-order valence-corrected chi connectivity index (χ0v) is 18.4. The van der Waals surface area contributed by atoms with Crippen LogP contribution in [0, 0.1) is 12.7 Å². The molecule has 2 unspecified atom stereocenters. The molecular weight excluding hydrogens is 451 g/mol. The second-order valence-corrected chi connectivity index (χ2v) is 8.68. The van der Waals surface area contributed by atoms with Crippen LogP contribution >= 0.6 is 0 Å². The highest BCUT2D eigenvalue weighted by Crippen LogP contribution is 2.43. The van der Waals surface area contributed by atoms with Gasteiger partial charge in [-0.25, -0.2) is 23.1 Å². The molecule has 34 heavy (non-hydrogen) atoms. The lowest BCUT2D eigenvalue weighted by Gasteiger charge is -2.49. The smallest absolute Gasteiger partial charge is 0.262 e. The number of nitrogens with one attached hydrogen (secondary N) is 1. The minimum Gasteiger partial charge on any atom is -0.402 e. The largest absolute Gasteiger partial charge is 0.402 e. The molecule has 0 radical (unpaired) electrons. The fourth-order valence-corrected chi connectivity index (χ4v) is 4.84. The Morgan fingerprint density at radius 1 is 1.38 bits per heavy atom. The lowest BCUT2D eigenvalue weighted by Crippen LogP contribution is -2.71. The first-order chi connectivity index (χ1) is 16.3. The minimum absolute atomic E-state index is 0.0327. The molecule has 3 aliphatic heterocycles. The van der Waals surface area contributed by atoms with Gasteiger partial charge < -0.3 is 15.5 Å². The van der Waals surface area contributed by atoms with Gasteiger partial charge in [0.25, 0.3) is 5.91 Å². The summed E-state index contributed by atoms with van der Waals surface area (Å²) in [7, 11) is 0. The standard InChI is InChI=1S/C22H24F3N7O2/c1-12-14(23)8-13(10-28-12)16-2-3-19-30-34-22(21(33)32(16)19)5-7-31(11-17(22)25)18-4-6-27-20(29-18)15(24)9-26/h4,6,8-10,16-17,19,30H,2-3,5,7,11,26H2,1H3/b15-9+/t16-,17?,19+,22?/m0/s1. The number of pyridine rings is 1. The van der Waals surface area contributed by atoms with Crippen molar-refractivity contribution in [2.75, 3.05) is 18.0 Å². The maximum absolute atomic E-state index is 15.7. The Hall–Kier alpha value is -3.25. The maximum Gasteiger partial charge on any atom is 0.262 e. The lowest BCUT2D eigenvalue weighted by molar-refractivity contribution is -0.224. The zero-order chi connectivity index (χ0) is 24.0. The van der Waals surface area contributed by atoms with E-state index in [1.165, 1.54) is 18.3 Å². The van der Waals surface area contributed by atoms with Crippen molar-refractivity contribution < 1.29 is 22.8 Å². The monoisotopic (exact) mass is 475 g/mol. The molecule has 3 saturated heterocycles. The molecule has 0 aromatic carbocycles. The summed E-state index contributed by atoms with van der Waals surface area (Å²) in [5, 5.41) is 0. The van der Waals surface area contributed by atoms with Crippen molar-refractivity contribution in [3.63, 3.8) is 0 Å². The van der Waals surface area contributed by atoms with Gasteiger partial charge in [0.05, 0.1) is 18.3 Å². The number of halogens is 3. The number of piperidine rings is 1. The minimum atomic E-state index is -1.73. The second kappa shape index (κ2) is 8.51. The number of hydroxylamine groups is 1. The normalized spacial score (nSPS) is 29.6. The van der Waals surface area contributed by atoms with E-state index in [9.17, 15) is 13.6 Å². The predicted molar refractivity (Wildman–Crippen MR) is 116 cm³/mol. The van der Waals surface area contributed by atoms with E-state index in [0.29, 0.717) is 24.2 Å². The summed E-state index contributed by atoms with van der Waals surface area (Å²) in [5.74, 6) is -1.62. The van der Waals surface area contributed by atoms with Crippen molar-refractivity contribution in [1.82, 2.24) is 25.3 Å². The number of rotatable bonds is 3. The van der Waals surface area contributed by atoms with Gasteiger partial charge in [-0.2, -0.15) is 5.48 Å². The number of carbonyl (C=O) groups is 1. The third-order valence-electron chi connectivity index (χ3n) is 6.75. The van der Waals surface area contributed by atoms with Crippen LogP contribution in [0.2, 0.25) is 0 Å². The first kappa shape index (κ1) is 22.5. The summed E-state index contributed by atoms with van der Waals surface area (Å²) < 4.78 is 43.6. The SMILES string of the molecule is Cc1ncc([C@@H]2CC[C@@H]3NOC4(CCN(c5ccnc(/C(F)=C\N)n5)CC4F)C(=O)N32)cc1F. The van der Waals surface area contributed by atoms with Gasteiger partial charge in [-0.1, -0.05) is 0 Å². The average Bonchev–Trinajstić information content (AvgIpc) is 3.29. The van der Waals surface area contributed by atoms with Crippen LogP contribution in [0.4, 0.5) is 19.0 Å². The van der Waals surface area contributed by atoms with Crippen LogP contribution in [0.25, 0.3) is 5.83 Å². The van der Waals surface area contributed by atoms with Gasteiger partial charge in [0.2, 0.25) is 5.60 Å². The van der Waals surface area contributed by atoms with Crippen LogP contribution in [0.3, 0.4) is 0 Å². The summed E-state index contributed by atoms with van der Waals surface area (Å²) in [6, 6.07) is 2.47. The van der Waals surface area contributed by atoms with Crippen molar-refractivity contribution >= 4 is 17.6 Å². The lowest BCUT2D eigenvalue weighted by atomic mass is 9.86. The fourth-order valence-electron chi connectivity index (χ4n) is 4.84. The first-order valence-corrected chi connectivity index (χ1v) is 11.0. The van der Waals surface area contributed by atoms with Crippen LogP contribution in [-0.2, 0) is 9.63 Å². The number of fused-ring (bicyclic) bond motifs is 1. The summed E-state index contributed by atoms with van der Waals surface area (Å²) in [6.45, 7) is 1.61. The highest BCUT2D eigenvalue weighted by Gasteiger charge is 2.59. The molecule has 5 heterocycles. The van der Waals surface area contributed by atoms with E-state index in [1.807, 2.05) is 0 Å². The summed E-state index contributed by atoms with van der Waals surface area (Å²) >= 11 is 0. The quantitative estimate of drug-likeness (QED) is 0.695. The highest BCUT2D eigenvalue weighted by molar-refractivity contribution is 5.88. The third kappa shape index (κ3) is 3.57. The van der Waals surface area contributed by atoms with Gasteiger partial charge in [0.15, 0.2) is 17.8 Å². The van der Waals surface area contributed by atoms with Gasteiger partial charge in [-0.3, -0.25) is 14.6 Å². The topological polar surface area (TPSA) is 110 Å². The molecule has 3 N–H and O–H groups in total. The molecule has 0 saturated carbocycles. The van der Waals surface area contributed by atoms with E-state index in [-0.39, 0.29) is 31.0 Å². The van der Waals surface area contributed by atoms with Crippen molar-refractivity contribution in [3.05, 3.63) is 53.6 Å². The summed E-state index contributed by atoms with van der Waals surface area (Å²) in [4.78, 5) is 34.5. The zero-order valence-electron chi connectivity index (χ0n) is 18.4. The van der Waals surface area contributed by atoms with Crippen molar-refractivity contribution in [3.8, 4) is 0 Å². The molecule has 0 bridgehead atoms. The Bertz CT molecular complexity index is 1150. The molecule has 2 aromatic rings. The van der Waals surface area contributed by atoms with Gasteiger partial charge in [-0.15, -0.1) is 0 Å². The maximum atomic E-state index is 15.7. The Labute approximate surface area is 193 Å². The van der Waals surface area contributed by atoms with E-state index in [0.717, 1.165) is 6.20 Å². The molecule has 2 aromatic heterocycles. The Balaban J connectivity index is 1.38. The molecule has 4 atom stereocenters. The molecule has 12 heteroatoms. The molecule has 0 aliphatic carbocycles. The van der Waals surface area contributed by atoms with E-state index in [2.05, 4.69) is 20.4 Å². The predicted octanol–water partition coefficient (Wildman–Crippen LogP) is 2.06. The van der Waals surface area contributed by atoms with Crippen LogP contribution in [-0.4, -0.2) is 56.8 Å². The van der Waals surface area contributed by atoms with Gasteiger partial charge in [-0.05, 0) is 37.5 Å². The molecule has 1 spiro atoms. The van der Waals surface area contributed by atoms with Crippen molar-refractivity contribution in [2.45, 2.75) is 50.2 Å². The molecule has 3 aliphatic rings. The van der Waals surface area contributed by atoms with E-state index < -0.39 is 41.5 Å². The van der Waals surface area contributed by atoms with Gasteiger partial charge >= 0.3 is 0 Å². The molecule has 5 rings (SSSR count). The number of nitrogens with zero attached hydrogens (tertiary/aromatic N) is 5. The number of nitrogens with two attached hydrogens (primary N) is 1. The van der Waals surface area contributed by atoms with E-state index in [1.54, 1.807) is 22.9 Å². The summed E-state index contributed by atoms with van der Waals surface area (Å²) in [5.41, 5.74) is 7.15. The first-order valence-electron chi connectivity index (χ1n) is 11.0. The molecule has 1 amide bonds. The molecule has 180 valence electrons. The Kier molecular flexibility index (Phi) is 5.64. The fraction of sp³-hybridized carbons (Fsp3) is 0.455. The van der Waals surface area contributed by atoms with Crippen LogP contribution in [0.5, 0.6) is 0 Å². The average molecular weight is 475 g/mol. The molecule has 9 nitrogen and oxygen atoms in total. The van der Waals surface area contributed by atoms with Crippen LogP contribution < -0.4 is 16.1 Å². The number of hydrogen-bond donors (Lipinski definition) is 2. The van der Waals surface area contributed by atoms with Crippen molar-refractivity contribution in [1.29, 1.82) is 0 Å². The van der Waals surface area contributed by atoms with E-state index in [4.69, 9.17) is 10.6 Å². The summed E-state index contributed by atoms with van der Waals surface area (Å²) in [6.07, 6.45) is 2.70. The number of hydrogen-bond acceptors (Lipinski definition) is 8. The molecule has 3 fully saturated rings. The highest BCUT2D eigenvalue weighted by atomic mass is 19.1. The number of aryl methyl sites for hydroxylation is 1. The third-order valence-corrected chi connectivity index (χ3v) is 6.75. The number of alkyl halides is 1. The van der Waals surface area contributed by atoms with Gasteiger partial charge in [0, 0.05) is 31.6 Å².